The van der Waals surface area contributed by atoms with Gasteiger partial charge in [-0.05, 0) is 43.7 Å². The number of para-hydroxylation sites is 2. The number of fused-ring (bicyclic) bond motifs is 1. The van der Waals surface area contributed by atoms with E-state index < -0.39 is 6.10 Å². The van der Waals surface area contributed by atoms with E-state index in [9.17, 15) is 9.90 Å². The molecule has 1 atom stereocenters. The summed E-state index contributed by atoms with van der Waals surface area (Å²) in [7, 11) is 0. The molecular formula is C25H30N2O5. The number of ether oxygens (including phenoxy) is 2. The molecule has 0 amide bonds. The standard InChI is InChI=1S/C25H30N2O5/c1-3-30-23-7-5-4-6-22(23)27-12-10-26(11-13-27)16-19(28)17-31-20-8-9-21-18(2)14-25(29)32-24(21)15-20/h4-9,14-15,19,28H,3,10-13,16-17H2,1-2H3/t19-/m0/s1. The third kappa shape index (κ3) is 5.23. The monoisotopic (exact) mass is 438 g/mol. The highest BCUT2D eigenvalue weighted by atomic mass is 16.5. The lowest BCUT2D eigenvalue weighted by molar-refractivity contribution is 0.0663. The fourth-order valence-electron chi connectivity index (χ4n) is 4.11. The van der Waals surface area contributed by atoms with Gasteiger partial charge in [0.25, 0.3) is 0 Å². The molecule has 1 aromatic heterocycles. The van der Waals surface area contributed by atoms with Crippen molar-refractivity contribution in [1.82, 2.24) is 4.90 Å². The van der Waals surface area contributed by atoms with Gasteiger partial charge in [0, 0.05) is 50.2 Å². The van der Waals surface area contributed by atoms with Crippen LogP contribution in [0.4, 0.5) is 5.69 Å². The van der Waals surface area contributed by atoms with Gasteiger partial charge in [-0.15, -0.1) is 0 Å². The van der Waals surface area contributed by atoms with Crippen LogP contribution in [0.15, 0.2) is 57.7 Å². The van der Waals surface area contributed by atoms with Crippen molar-refractivity contribution in [2.75, 3.05) is 50.8 Å². The normalized spacial score (nSPS) is 15.7. The van der Waals surface area contributed by atoms with Crippen molar-refractivity contribution in [3.8, 4) is 11.5 Å². The van der Waals surface area contributed by atoms with E-state index in [1.165, 1.54) is 6.07 Å². The van der Waals surface area contributed by atoms with E-state index in [0.29, 0.717) is 24.5 Å². The number of hydrogen-bond donors (Lipinski definition) is 1. The van der Waals surface area contributed by atoms with E-state index in [4.69, 9.17) is 13.9 Å². The zero-order valence-electron chi connectivity index (χ0n) is 18.6. The maximum Gasteiger partial charge on any atom is 0.336 e. The summed E-state index contributed by atoms with van der Waals surface area (Å²) in [4.78, 5) is 16.2. The first kappa shape index (κ1) is 22.2. The highest BCUT2D eigenvalue weighted by molar-refractivity contribution is 5.81. The second-order valence-corrected chi connectivity index (χ2v) is 8.06. The van der Waals surface area contributed by atoms with E-state index in [1.807, 2.05) is 44.2 Å². The summed E-state index contributed by atoms with van der Waals surface area (Å²) in [5.41, 5.74) is 2.10. The molecule has 32 heavy (non-hydrogen) atoms. The first-order valence-corrected chi connectivity index (χ1v) is 11.1. The van der Waals surface area contributed by atoms with E-state index in [2.05, 4.69) is 15.9 Å². The van der Waals surface area contributed by atoms with Gasteiger partial charge in [-0.25, -0.2) is 4.79 Å². The quantitative estimate of drug-likeness (QED) is 0.542. The van der Waals surface area contributed by atoms with Gasteiger partial charge in [0.15, 0.2) is 0 Å². The van der Waals surface area contributed by atoms with Gasteiger partial charge < -0.3 is 23.9 Å². The summed E-state index contributed by atoms with van der Waals surface area (Å²) in [6.07, 6.45) is -0.613. The minimum absolute atomic E-state index is 0.176. The number of hydrogen-bond acceptors (Lipinski definition) is 7. The molecule has 3 aromatic rings. The molecule has 0 saturated carbocycles. The molecule has 1 N–H and O–H groups in total. The van der Waals surface area contributed by atoms with Gasteiger partial charge in [0.05, 0.1) is 12.3 Å². The fraction of sp³-hybridized carbons (Fsp3) is 0.400. The van der Waals surface area contributed by atoms with Crippen molar-refractivity contribution in [2.45, 2.75) is 20.0 Å². The summed E-state index contributed by atoms with van der Waals surface area (Å²) < 4.78 is 16.8. The van der Waals surface area contributed by atoms with Crippen LogP contribution in [0.1, 0.15) is 12.5 Å². The predicted molar refractivity (Wildman–Crippen MR) is 125 cm³/mol. The average Bonchev–Trinajstić information content (AvgIpc) is 2.78. The van der Waals surface area contributed by atoms with Crippen LogP contribution in [-0.2, 0) is 0 Å². The first-order valence-electron chi connectivity index (χ1n) is 11.1. The van der Waals surface area contributed by atoms with Crippen molar-refractivity contribution in [2.24, 2.45) is 0 Å². The maximum absolute atomic E-state index is 11.6. The average molecular weight is 439 g/mol. The van der Waals surface area contributed by atoms with Gasteiger partial charge in [-0.3, -0.25) is 4.90 Å². The molecule has 0 bridgehead atoms. The number of benzene rings is 2. The van der Waals surface area contributed by atoms with Crippen LogP contribution in [0.2, 0.25) is 0 Å². The number of aliphatic hydroxyl groups is 1. The SMILES string of the molecule is CCOc1ccccc1N1CCN(C[C@H](O)COc2ccc3c(C)cc(=O)oc3c2)CC1. The van der Waals surface area contributed by atoms with Crippen molar-refractivity contribution in [3.63, 3.8) is 0 Å². The van der Waals surface area contributed by atoms with Crippen LogP contribution in [0.3, 0.4) is 0 Å². The van der Waals surface area contributed by atoms with Crippen LogP contribution < -0.4 is 20.0 Å². The Labute approximate surface area is 187 Å². The lowest BCUT2D eigenvalue weighted by Crippen LogP contribution is -2.49. The van der Waals surface area contributed by atoms with Gasteiger partial charge in [-0.2, -0.15) is 0 Å². The highest BCUT2D eigenvalue weighted by Crippen LogP contribution is 2.29. The fourth-order valence-corrected chi connectivity index (χ4v) is 4.11. The summed E-state index contributed by atoms with van der Waals surface area (Å²) in [6, 6.07) is 15.0. The second kappa shape index (κ2) is 10.1. The summed E-state index contributed by atoms with van der Waals surface area (Å²) in [6.45, 7) is 8.70. The molecule has 2 aromatic carbocycles. The van der Waals surface area contributed by atoms with Crippen LogP contribution in [-0.4, -0.2) is 62.0 Å². The van der Waals surface area contributed by atoms with Gasteiger partial charge >= 0.3 is 5.63 Å². The van der Waals surface area contributed by atoms with Crippen LogP contribution in [0.25, 0.3) is 11.0 Å². The molecule has 0 radical (unpaired) electrons. The predicted octanol–water partition coefficient (Wildman–Crippen LogP) is 3.06. The zero-order valence-corrected chi connectivity index (χ0v) is 18.6. The molecular weight excluding hydrogens is 408 g/mol. The summed E-state index contributed by atoms with van der Waals surface area (Å²) in [5, 5.41) is 11.4. The third-order valence-electron chi connectivity index (χ3n) is 5.71. The molecule has 7 nitrogen and oxygen atoms in total. The molecule has 170 valence electrons. The lowest BCUT2D eigenvalue weighted by atomic mass is 10.1. The molecule has 7 heteroatoms. The number of aryl methyl sites for hydroxylation is 1. The topological polar surface area (TPSA) is 75.4 Å². The molecule has 1 saturated heterocycles. The van der Waals surface area contributed by atoms with E-state index in [-0.39, 0.29) is 12.2 Å². The first-order chi connectivity index (χ1) is 15.5. The van der Waals surface area contributed by atoms with Gasteiger partial charge in [-0.1, -0.05) is 12.1 Å². The Kier molecular flexibility index (Phi) is 6.97. The molecule has 1 fully saturated rings. The van der Waals surface area contributed by atoms with Crippen molar-refractivity contribution in [3.05, 3.63) is 64.5 Å². The van der Waals surface area contributed by atoms with Crippen LogP contribution in [0, 0.1) is 6.92 Å². The minimum atomic E-state index is -0.613. The van der Waals surface area contributed by atoms with E-state index in [1.54, 1.807) is 6.07 Å². The van der Waals surface area contributed by atoms with Crippen molar-refractivity contribution >= 4 is 16.7 Å². The maximum atomic E-state index is 11.6. The Morgan fingerprint density at radius 2 is 1.84 bits per heavy atom. The number of anilines is 1. The third-order valence-corrected chi connectivity index (χ3v) is 5.71. The Morgan fingerprint density at radius 1 is 1.06 bits per heavy atom. The van der Waals surface area contributed by atoms with Crippen LogP contribution >= 0.6 is 0 Å². The Morgan fingerprint density at radius 3 is 2.62 bits per heavy atom. The number of aliphatic hydroxyl groups excluding tert-OH is 1. The number of piperazine rings is 1. The molecule has 0 unspecified atom stereocenters. The number of nitrogens with zero attached hydrogens (tertiary/aromatic N) is 2. The van der Waals surface area contributed by atoms with Crippen molar-refractivity contribution in [1.29, 1.82) is 0 Å². The molecule has 0 aliphatic carbocycles. The molecule has 2 heterocycles. The van der Waals surface area contributed by atoms with Gasteiger partial charge in [0.1, 0.15) is 29.8 Å². The van der Waals surface area contributed by atoms with Crippen LogP contribution in [0.5, 0.6) is 11.5 Å². The minimum Gasteiger partial charge on any atom is -0.492 e. The van der Waals surface area contributed by atoms with Crippen molar-refractivity contribution < 1.29 is 19.0 Å². The Hall–Kier alpha value is -3.03. The Balaban J connectivity index is 1.28. The molecule has 1 aliphatic rings. The van der Waals surface area contributed by atoms with E-state index in [0.717, 1.165) is 48.6 Å². The number of β-amino-alcohol motifs (C(OH)–C–C–N with tert-alkyl or cyclic N) is 1. The van der Waals surface area contributed by atoms with Gasteiger partial charge in [0.2, 0.25) is 0 Å². The van der Waals surface area contributed by atoms with E-state index >= 15 is 0 Å². The molecule has 1 aliphatic heterocycles. The second-order valence-electron chi connectivity index (χ2n) is 8.06. The molecule has 4 rings (SSSR count). The highest BCUT2D eigenvalue weighted by Gasteiger charge is 2.21. The Bertz CT molecular complexity index is 1100. The number of rotatable bonds is 8. The zero-order chi connectivity index (χ0) is 22.5. The largest absolute Gasteiger partial charge is 0.492 e. The summed E-state index contributed by atoms with van der Waals surface area (Å²) >= 11 is 0. The molecule has 0 spiro atoms. The summed E-state index contributed by atoms with van der Waals surface area (Å²) in [5.74, 6) is 1.49. The lowest BCUT2D eigenvalue weighted by Gasteiger charge is -2.37. The smallest absolute Gasteiger partial charge is 0.336 e.